The van der Waals surface area contributed by atoms with Gasteiger partial charge in [-0.05, 0) is 90.4 Å². The number of rotatable bonds is 1. The molecule has 5 aliphatic carbocycles. The first-order valence-electron chi connectivity index (χ1n) is 13.6. The SMILES string of the molecule is CC1(C)CCC2(CO)C(=C3C=CC4C5(C)CCC(O)C(C)(C)C5CCC4(C)C3(C)CC2O)C1. The van der Waals surface area contributed by atoms with Crippen LogP contribution in [0.3, 0.4) is 0 Å². The average molecular weight is 457 g/mol. The Kier molecular flexibility index (Phi) is 5.09. The van der Waals surface area contributed by atoms with Crippen molar-refractivity contribution in [2.24, 2.45) is 44.3 Å². The van der Waals surface area contributed by atoms with E-state index in [0.29, 0.717) is 11.8 Å². The van der Waals surface area contributed by atoms with E-state index in [1.54, 1.807) is 0 Å². The molecule has 3 N–H and O–H groups in total. The zero-order valence-corrected chi connectivity index (χ0v) is 22.2. The van der Waals surface area contributed by atoms with Crippen LogP contribution >= 0.6 is 0 Å². The summed E-state index contributed by atoms with van der Waals surface area (Å²) in [6.07, 6.45) is 12.2. The molecule has 0 aromatic heterocycles. The second kappa shape index (κ2) is 6.98. The zero-order chi connectivity index (χ0) is 24.2. The Bertz CT molecular complexity index is 898. The summed E-state index contributed by atoms with van der Waals surface area (Å²) in [5.41, 5.74) is 2.60. The Morgan fingerprint density at radius 2 is 1.58 bits per heavy atom. The molecule has 0 aromatic rings. The van der Waals surface area contributed by atoms with Crippen LogP contribution < -0.4 is 0 Å². The molecule has 0 radical (unpaired) electrons. The summed E-state index contributed by atoms with van der Waals surface area (Å²) in [6.45, 7) is 16.8. The summed E-state index contributed by atoms with van der Waals surface area (Å²) in [7, 11) is 0. The van der Waals surface area contributed by atoms with Gasteiger partial charge in [-0.25, -0.2) is 0 Å². The van der Waals surface area contributed by atoms with Crippen molar-refractivity contribution >= 4 is 0 Å². The third-order valence-electron chi connectivity index (χ3n) is 12.5. The number of allylic oxidation sites excluding steroid dienone is 3. The Balaban J connectivity index is 1.68. The molecule has 0 bridgehead atoms. The topological polar surface area (TPSA) is 60.7 Å². The first kappa shape index (κ1) is 24.1. The minimum atomic E-state index is -0.485. The quantitative estimate of drug-likeness (QED) is 0.451. The predicted molar refractivity (Wildman–Crippen MR) is 133 cm³/mol. The maximum absolute atomic E-state index is 11.7. The van der Waals surface area contributed by atoms with Crippen molar-refractivity contribution in [3.05, 3.63) is 23.3 Å². The van der Waals surface area contributed by atoms with Crippen molar-refractivity contribution in [3.63, 3.8) is 0 Å². The molecule has 3 heteroatoms. The lowest BCUT2D eigenvalue weighted by Gasteiger charge is -2.70. The maximum atomic E-state index is 11.7. The fourth-order valence-electron chi connectivity index (χ4n) is 10.0. The van der Waals surface area contributed by atoms with Crippen molar-refractivity contribution in [1.82, 2.24) is 0 Å². The molecular weight excluding hydrogens is 408 g/mol. The van der Waals surface area contributed by atoms with Gasteiger partial charge in [0, 0.05) is 10.8 Å². The van der Waals surface area contributed by atoms with Crippen LogP contribution in [0.5, 0.6) is 0 Å². The van der Waals surface area contributed by atoms with Crippen molar-refractivity contribution in [2.75, 3.05) is 6.61 Å². The van der Waals surface area contributed by atoms with Gasteiger partial charge in [-0.3, -0.25) is 0 Å². The van der Waals surface area contributed by atoms with Crippen LogP contribution in [0.15, 0.2) is 23.3 Å². The first-order chi connectivity index (χ1) is 15.2. The van der Waals surface area contributed by atoms with Crippen LogP contribution in [0, 0.1) is 44.3 Å². The lowest BCUT2D eigenvalue weighted by Crippen LogP contribution is -2.64. The summed E-state index contributed by atoms with van der Waals surface area (Å²) in [5.74, 6) is 0.947. The second-order valence-corrected chi connectivity index (χ2v) is 14.8. The van der Waals surface area contributed by atoms with Gasteiger partial charge in [0.05, 0.1) is 18.8 Å². The monoisotopic (exact) mass is 456 g/mol. The third kappa shape index (κ3) is 2.85. The smallest absolute Gasteiger partial charge is 0.0664 e. The van der Waals surface area contributed by atoms with Gasteiger partial charge < -0.3 is 15.3 Å². The molecule has 3 nitrogen and oxygen atoms in total. The number of hydrogen-bond donors (Lipinski definition) is 3. The number of aliphatic hydroxyl groups excluding tert-OH is 3. The molecule has 0 heterocycles. The highest BCUT2D eigenvalue weighted by Gasteiger charge is 2.67. The van der Waals surface area contributed by atoms with E-state index < -0.39 is 11.5 Å². The zero-order valence-electron chi connectivity index (χ0n) is 22.2. The molecule has 0 saturated heterocycles. The van der Waals surface area contributed by atoms with E-state index in [-0.39, 0.29) is 39.8 Å². The third-order valence-corrected chi connectivity index (χ3v) is 12.5. The molecule has 3 fully saturated rings. The van der Waals surface area contributed by atoms with Gasteiger partial charge in [0.2, 0.25) is 0 Å². The fourth-order valence-corrected chi connectivity index (χ4v) is 10.0. The van der Waals surface area contributed by atoms with Crippen molar-refractivity contribution in [3.8, 4) is 0 Å². The molecule has 5 rings (SSSR count). The molecular formula is C30H48O3. The number of hydrogen-bond acceptors (Lipinski definition) is 3. The van der Waals surface area contributed by atoms with E-state index in [9.17, 15) is 15.3 Å². The van der Waals surface area contributed by atoms with Crippen LogP contribution in [0.2, 0.25) is 0 Å². The highest BCUT2D eigenvalue weighted by Crippen LogP contribution is 2.74. The lowest BCUT2D eigenvalue weighted by atomic mass is 9.35. The van der Waals surface area contributed by atoms with E-state index in [4.69, 9.17) is 0 Å². The Morgan fingerprint density at radius 1 is 0.879 bits per heavy atom. The van der Waals surface area contributed by atoms with E-state index in [2.05, 4.69) is 60.6 Å². The second-order valence-electron chi connectivity index (χ2n) is 14.8. The molecule has 8 atom stereocenters. The molecule has 0 amide bonds. The Labute approximate surface area is 201 Å². The summed E-state index contributed by atoms with van der Waals surface area (Å²) in [4.78, 5) is 0. The molecule has 186 valence electrons. The summed E-state index contributed by atoms with van der Waals surface area (Å²) < 4.78 is 0. The van der Waals surface area contributed by atoms with Crippen LogP contribution in [0.4, 0.5) is 0 Å². The summed E-state index contributed by atoms with van der Waals surface area (Å²) in [5, 5.41) is 33.2. The molecule has 0 aliphatic heterocycles. The number of fused-ring (bicyclic) bond motifs is 6. The highest BCUT2D eigenvalue weighted by molar-refractivity contribution is 5.47. The van der Waals surface area contributed by atoms with E-state index in [1.807, 2.05) is 0 Å². The standard InChI is InChI=1S/C30H48O3/c1-25(2)14-15-30(18-31)20(16-25)19-8-9-22-27(5)12-11-23(32)26(3,4)21(27)10-13-28(22,6)29(19,7)17-24(30)33/h8-9,21-24,31-33H,10-18H2,1-7H3. The summed E-state index contributed by atoms with van der Waals surface area (Å²) in [6, 6.07) is 0. The van der Waals surface area contributed by atoms with Crippen LogP contribution in [0.1, 0.15) is 99.8 Å². The maximum Gasteiger partial charge on any atom is 0.0664 e. The van der Waals surface area contributed by atoms with Gasteiger partial charge in [0.15, 0.2) is 0 Å². The summed E-state index contributed by atoms with van der Waals surface area (Å²) >= 11 is 0. The van der Waals surface area contributed by atoms with Gasteiger partial charge in [-0.15, -0.1) is 0 Å². The van der Waals surface area contributed by atoms with Gasteiger partial charge in [-0.2, -0.15) is 0 Å². The normalized spacial score (nSPS) is 52.4. The minimum absolute atomic E-state index is 0.0546. The van der Waals surface area contributed by atoms with E-state index in [0.717, 1.165) is 51.4 Å². The number of aliphatic hydroxyl groups is 3. The molecule has 3 saturated carbocycles. The van der Waals surface area contributed by atoms with Gasteiger partial charge in [0.25, 0.3) is 0 Å². The van der Waals surface area contributed by atoms with Crippen molar-refractivity contribution < 1.29 is 15.3 Å². The predicted octanol–water partition coefficient (Wildman–Crippen LogP) is 6.03. The fraction of sp³-hybridized carbons (Fsp3) is 0.867. The minimum Gasteiger partial charge on any atom is -0.395 e. The highest BCUT2D eigenvalue weighted by atomic mass is 16.3. The molecule has 5 aliphatic rings. The van der Waals surface area contributed by atoms with Gasteiger partial charge >= 0.3 is 0 Å². The largest absolute Gasteiger partial charge is 0.395 e. The van der Waals surface area contributed by atoms with Crippen LogP contribution in [-0.2, 0) is 0 Å². The Hall–Kier alpha value is -0.640. The van der Waals surface area contributed by atoms with Crippen LogP contribution in [-0.4, -0.2) is 34.1 Å². The first-order valence-corrected chi connectivity index (χ1v) is 13.6. The van der Waals surface area contributed by atoms with Crippen molar-refractivity contribution in [2.45, 2.75) is 112 Å². The Morgan fingerprint density at radius 3 is 2.24 bits per heavy atom. The molecule has 33 heavy (non-hydrogen) atoms. The lowest BCUT2D eigenvalue weighted by molar-refractivity contribution is -0.189. The molecule has 0 aromatic carbocycles. The average Bonchev–Trinajstić information content (AvgIpc) is 2.71. The van der Waals surface area contributed by atoms with Gasteiger partial charge in [-0.1, -0.05) is 66.2 Å². The van der Waals surface area contributed by atoms with Crippen LogP contribution in [0.25, 0.3) is 0 Å². The molecule has 8 unspecified atom stereocenters. The molecule has 0 spiro atoms. The van der Waals surface area contributed by atoms with Crippen molar-refractivity contribution in [1.29, 1.82) is 0 Å². The van der Waals surface area contributed by atoms with E-state index >= 15 is 0 Å². The van der Waals surface area contributed by atoms with E-state index in [1.165, 1.54) is 11.1 Å². The van der Waals surface area contributed by atoms with Gasteiger partial charge in [0.1, 0.15) is 0 Å².